The summed E-state index contributed by atoms with van der Waals surface area (Å²) in [5, 5.41) is 49.8. The molecule has 0 aliphatic rings. The fourth-order valence-electron chi connectivity index (χ4n) is 2.01. The first-order chi connectivity index (χ1) is 14.0. The summed E-state index contributed by atoms with van der Waals surface area (Å²) in [5.41, 5.74) is 0. The molecule has 6 N–H and O–H groups in total. The molecule has 30 heavy (non-hydrogen) atoms. The van der Waals surface area contributed by atoms with Crippen LogP contribution in [0.5, 0.6) is 0 Å². The monoisotopic (exact) mass is 438 g/mol. The normalized spacial score (nSPS) is 10.6. The van der Waals surface area contributed by atoms with Gasteiger partial charge in [-0.3, -0.25) is 19.2 Å². The molecule has 0 saturated heterocycles. The van der Waals surface area contributed by atoms with Crippen LogP contribution in [0.15, 0.2) is 0 Å². The smallest absolute Gasteiger partial charge is 0.303 e. The van der Waals surface area contributed by atoms with Crippen molar-refractivity contribution < 1.29 is 49.8 Å². The number of hydrogen-bond donors (Lipinski definition) is 6. The van der Waals surface area contributed by atoms with Gasteiger partial charge in [-0.15, -0.1) is 0 Å². The molecule has 0 aromatic heterocycles. The molecule has 0 bridgehead atoms. The average Bonchev–Trinajstić information content (AvgIpc) is 2.62. The lowest BCUT2D eigenvalue weighted by atomic mass is 10.1. The molecular weight excluding hydrogens is 400 g/mol. The SMILES string of the molecule is CC(O)CCCCCCO.O=C(O)CCCCC(=O)O.O=C(O)CCCCC(=O)O. The van der Waals surface area contributed by atoms with Gasteiger partial charge in [-0.2, -0.15) is 0 Å². The lowest BCUT2D eigenvalue weighted by Crippen LogP contribution is -1.98. The zero-order valence-electron chi connectivity index (χ0n) is 17.8. The third-order valence-electron chi connectivity index (χ3n) is 3.59. The van der Waals surface area contributed by atoms with Crippen LogP contribution in [0.3, 0.4) is 0 Å². The van der Waals surface area contributed by atoms with Crippen LogP contribution in [0.1, 0.15) is 90.4 Å². The molecule has 0 aliphatic carbocycles. The first-order valence-corrected chi connectivity index (χ1v) is 10.2. The zero-order valence-corrected chi connectivity index (χ0v) is 17.8. The number of aliphatic carboxylic acids is 4. The maximum absolute atomic E-state index is 9.90. The van der Waals surface area contributed by atoms with Crippen molar-refractivity contribution in [1.29, 1.82) is 0 Å². The highest BCUT2D eigenvalue weighted by atomic mass is 16.4. The van der Waals surface area contributed by atoms with Gasteiger partial charge in [0.1, 0.15) is 0 Å². The molecule has 0 aliphatic heterocycles. The molecule has 0 heterocycles. The van der Waals surface area contributed by atoms with Gasteiger partial charge in [0, 0.05) is 32.3 Å². The topological polar surface area (TPSA) is 190 Å². The van der Waals surface area contributed by atoms with Crippen molar-refractivity contribution in [3.63, 3.8) is 0 Å². The lowest BCUT2D eigenvalue weighted by Gasteiger charge is -2.01. The highest BCUT2D eigenvalue weighted by molar-refractivity contribution is 5.68. The van der Waals surface area contributed by atoms with Gasteiger partial charge in [-0.05, 0) is 45.4 Å². The Bertz CT molecular complexity index is 385. The molecule has 0 amide bonds. The Morgan fingerprint density at radius 1 is 0.567 bits per heavy atom. The molecule has 0 rings (SSSR count). The van der Waals surface area contributed by atoms with Crippen molar-refractivity contribution in [3.8, 4) is 0 Å². The van der Waals surface area contributed by atoms with Crippen LogP contribution in [-0.4, -0.2) is 67.2 Å². The number of rotatable bonds is 16. The van der Waals surface area contributed by atoms with Crippen LogP contribution < -0.4 is 0 Å². The van der Waals surface area contributed by atoms with E-state index in [4.69, 9.17) is 30.6 Å². The number of carbonyl (C=O) groups is 4. The second-order valence-electron chi connectivity index (χ2n) is 6.76. The van der Waals surface area contributed by atoms with Crippen LogP contribution in [0.25, 0.3) is 0 Å². The van der Waals surface area contributed by atoms with E-state index < -0.39 is 23.9 Å². The number of unbranched alkanes of at least 4 members (excludes halogenated alkanes) is 5. The van der Waals surface area contributed by atoms with E-state index in [1.807, 2.05) is 6.92 Å². The maximum Gasteiger partial charge on any atom is 0.303 e. The van der Waals surface area contributed by atoms with Crippen molar-refractivity contribution in [2.45, 2.75) is 96.5 Å². The van der Waals surface area contributed by atoms with Crippen molar-refractivity contribution in [1.82, 2.24) is 0 Å². The Hall–Kier alpha value is -2.20. The van der Waals surface area contributed by atoms with E-state index in [9.17, 15) is 19.2 Å². The Morgan fingerprint density at radius 2 is 0.867 bits per heavy atom. The van der Waals surface area contributed by atoms with E-state index in [1.54, 1.807) is 0 Å². The van der Waals surface area contributed by atoms with Crippen molar-refractivity contribution in [2.24, 2.45) is 0 Å². The van der Waals surface area contributed by atoms with Crippen molar-refractivity contribution >= 4 is 23.9 Å². The van der Waals surface area contributed by atoms with Crippen LogP contribution in [-0.2, 0) is 19.2 Å². The van der Waals surface area contributed by atoms with Gasteiger partial charge in [0.15, 0.2) is 0 Å². The van der Waals surface area contributed by atoms with E-state index in [1.165, 1.54) is 0 Å². The summed E-state index contributed by atoms with van der Waals surface area (Å²) >= 11 is 0. The standard InChI is InChI=1S/C8H18O2.2C6H10O4/c1-8(10)6-4-2-3-5-7-9;2*7-5(8)3-1-2-4-6(9)10/h8-10H,2-7H2,1H3;2*1-4H2,(H,7,8)(H,9,10). The zero-order chi connectivity index (χ0) is 23.8. The average molecular weight is 439 g/mol. The highest BCUT2D eigenvalue weighted by Crippen LogP contribution is 2.04. The Morgan fingerprint density at radius 3 is 1.10 bits per heavy atom. The van der Waals surface area contributed by atoms with E-state index in [0.29, 0.717) is 32.3 Å². The summed E-state index contributed by atoms with van der Waals surface area (Å²) in [7, 11) is 0. The number of carboxylic acid groups (broad SMARTS) is 4. The van der Waals surface area contributed by atoms with Crippen LogP contribution in [0, 0.1) is 0 Å². The van der Waals surface area contributed by atoms with E-state index in [-0.39, 0.29) is 31.8 Å². The summed E-state index contributed by atoms with van der Waals surface area (Å²) in [6, 6.07) is 0. The minimum absolute atomic E-state index is 0.0628. The van der Waals surface area contributed by atoms with Gasteiger partial charge in [0.2, 0.25) is 0 Å². The number of hydrogen-bond acceptors (Lipinski definition) is 6. The fraction of sp³-hybridized carbons (Fsp3) is 0.800. The molecule has 0 radical (unpaired) electrons. The van der Waals surface area contributed by atoms with Crippen molar-refractivity contribution in [3.05, 3.63) is 0 Å². The molecule has 0 saturated carbocycles. The van der Waals surface area contributed by atoms with Gasteiger partial charge in [-0.1, -0.05) is 19.3 Å². The summed E-state index contributed by atoms with van der Waals surface area (Å²) in [6.45, 7) is 2.11. The summed E-state index contributed by atoms with van der Waals surface area (Å²) in [4.78, 5) is 39.6. The fourth-order valence-corrected chi connectivity index (χ4v) is 2.01. The summed E-state index contributed by atoms with van der Waals surface area (Å²) in [6.07, 6.45) is 6.97. The van der Waals surface area contributed by atoms with Gasteiger partial charge in [0.25, 0.3) is 0 Å². The highest BCUT2D eigenvalue weighted by Gasteiger charge is 2.00. The van der Waals surface area contributed by atoms with Crippen molar-refractivity contribution in [2.75, 3.05) is 6.61 Å². The largest absolute Gasteiger partial charge is 0.481 e. The maximum atomic E-state index is 9.90. The quantitative estimate of drug-likeness (QED) is 0.195. The molecule has 10 heteroatoms. The molecule has 0 spiro atoms. The van der Waals surface area contributed by atoms with E-state index in [2.05, 4.69) is 0 Å². The minimum atomic E-state index is -0.870. The Balaban J connectivity index is -0.000000364. The number of aliphatic hydroxyl groups is 2. The Labute approximate surface area is 177 Å². The van der Waals surface area contributed by atoms with E-state index in [0.717, 1.165) is 32.1 Å². The molecule has 0 aromatic rings. The van der Waals surface area contributed by atoms with Crippen LogP contribution >= 0.6 is 0 Å². The second-order valence-corrected chi connectivity index (χ2v) is 6.76. The first kappa shape index (κ1) is 32.5. The Kier molecular flexibility index (Phi) is 26.9. The minimum Gasteiger partial charge on any atom is -0.481 e. The summed E-state index contributed by atoms with van der Waals surface area (Å²) in [5.74, 6) is -3.48. The van der Waals surface area contributed by atoms with Crippen LogP contribution in [0.4, 0.5) is 0 Å². The van der Waals surface area contributed by atoms with Gasteiger partial charge in [-0.25, -0.2) is 0 Å². The molecule has 10 nitrogen and oxygen atoms in total. The number of carboxylic acids is 4. The van der Waals surface area contributed by atoms with Crippen LogP contribution in [0.2, 0.25) is 0 Å². The third-order valence-corrected chi connectivity index (χ3v) is 3.59. The molecule has 1 unspecified atom stereocenters. The summed E-state index contributed by atoms with van der Waals surface area (Å²) < 4.78 is 0. The molecule has 0 fully saturated rings. The van der Waals surface area contributed by atoms with Gasteiger partial charge in [0.05, 0.1) is 6.10 Å². The molecule has 1 atom stereocenters. The van der Waals surface area contributed by atoms with Gasteiger partial charge >= 0.3 is 23.9 Å². The van der Waals surface area contributed by atoms with Gasteiger partial charge < -0.3 is 30.6 Å². The first-order valence-electron chi connectivity index (χ1n) is 10.2. The predicted molar refractivity (Wildman–Crippen MR) is 109 cm³/mol. The van der Waals surface area contributed by atoms with E-state index >= 15 is 0 Å². The molecule has 0 aromatic carbocycles. The molecular formula is C20H38O10. The molecule has 178 valence electrons. The number of aliphatic hydroxyl groups excluding tert-OH is 2. The lowest BCUT2D eigenvalue weighted by molar-refractivity contribution is -0.139. The predicted octanol–water partition coefficient (Wildman–Crippen LogP) is 2.74. The second kappa shape index (κ2) is 24.8. The third kappa shape index (κ3) is 44.9.